The zero-order valence-corrected chi connectivity index (χ0v) is 17.2. The summed E-state index contributed by atoms with van der Waals surface area (Å²) in [5, 5.41) is 15.7. The minimum atomic E-state index is -5.19. The third-order valence-corrected chi connectivity index (χ3v) is 4.42. The SMILES string of the molecule is NC(=O)c1cccc2c[n+](-c3ccc(NC(=O)c4cccnc4)cc3)[nH]c12.O=C([O-])C(F)(F)F. The first-order chi connectivity index (χ1) is 16.1. The van der Waals surface area contributed by atoms with Crippen molar-refractivity contribution in [3.63, 3.8) is 0 Å². The number of benzene rings is 2. The molecule has 0 saturated carbocycles. The van der Waals surface area contributed by atoms with Gasteiger partial charge in [0.1, 0.15) is 11.5 Å². The minimum absolute atomic E-state index is 0.222. The van der Waals surface area contributed by atoms with Crippen molar-refractivity contribution in [2.45, 2.75) is 6.18 Å². The fourth-order valence-corrected chi connectivity index (χ4v) is 2.84. The van der Waals surface area contributed by atoms with E-state index in [1.807, 2.05) is 24.4 Å². The number of nitrogens with zero attached hydrogens (tertiary/aromatic N) is 2. The third-order valence-electron chi connectivity index (χ3n) is 4.42. The lowest BCUT2D eigenvalue weighted by Gasteiger charge is -2.04. The Balaban J connectivity index is 0.000000406. The number of pyridine rings is 1. The van der Waals surface area contributed by atoms with E-state index in [9.17, 15) is 22.8 Å². The number of para-hydroxylation sites is 1. The van der Waals surface area contributed by atoms with E-state index in [0.29, 0.717) is 22.3 Å². The number of hydrogen-bond acceptors (Lipinski definition) is 5. The summed E-state index contributed by atoms with van der Waals surface area (Å²) < 4.78 is 33.3. The number of amides is 2. The van der Waals surface area contributed by atoms with Gasteiger partial charge in [0.05, 0.1) is 16.5 Å². The summed E-state index contributed by atoms with van der Waals surface area (Å²) >= 11 is 0. The molecule has 34 heavy (non-hydrogen) atoms. The van der Waals surface area contributed by atoms with Crippen molar-refractivity contribution in [2.75, 3.05) is 5.32 Å². The molecule has 9 nitrogen and oxygen atoms in total. The Morgan fingerprint density at radius 1 is 1.03 bits per heavy atom. The molecule has 2 heterocycles. The average Bonchev–Trinajstić information content (AvgIpc) is 3.24. The number of rotatable bonds is 4. The Morgan fingerprint density at radius 3 is 2.26 bits per heavy atom. The number of primary amides is 1. The predicted molar refractivity (Wildman–Crippen MR) is 112 cm³/mol. The molecule has 0 spiro atoms. The lowest BCUT2D eigenvalue weighted by Crippen LogP contribution is -2.37. The Labute approximate surface area is 189 Å². The van der Waals surface area contributed by atoms with Crippen molar-refractivity contribution in [1.29, 1.82) is 0 Å². The summed E-state index contributed by atoms with van der Waals surface area (Å²) in [5.41, 5.74) is 8.55. The van der Waals surface area contributed by atoms with Crippen LogP contribution >= 0.6 is 0 Å². The molecule has 0 fully saturated rings. The first-order valence-corrected chi connectivity index (χ1v) is 9.49. The van der Waals surface area contributed by atoms with Gasteiger partial charge in [0, 0.05) is 30.2 Å². The van der Waals surface area contributed by atoms with Crippen molar-refractivity contribution in [1.82, 2.24) is 10.1 Å². The largest absolute Gasteiger partial charge is 0.542 e. The monoisotopic (exact) mass is 471 g/mol. The molecule has 2 amide bonds. The minimum Gasteiger partial charge on any atom is -0.542 e. The number of fused-ring (bicyclic) bond motifs is 1. The van der Waals surface area contributed by atoms with Gasteiger partial charge in [-0.15, -0.1) is 0 Å². The molecular formula is C22H16F3N5O4. The number of carbonyl (C=O) groups is 3. The number of carbonyl (C=O) groups excluding carboxylic acids is 3. The van der Waals surface area contributed by atoms with Crippen LogP contribution in [-0.2, 0) is 4.79 Å². The third kappa shape index (κ3) is 5.73. The summed E-state index contributed by atoms with van der Waals surface area (Å²) in [7, 11) is 0. The van der Waals surface area contributed by atoms with Crippen LogP contribution in [0, 0.1) is 0 Å². The second kappa shape index (κ2) is 9.81. The topological polar surface area (TPSA) is 145 Å². The highest BCUT2D eigenvalue weighted by Crippen LogP contribution is 2.17. The molecule has 0 radical (unpaired) electrons. The van der Waals surface area contributed by atoms with Crippen LogP contribution in [0.5, 0.6) is 0 Å². The maximum atomic E-state index is 12.2. The number of H-pyrrole nitrogens is 1. The Hall–Kier alpha value is -4.74. The van der Waals surface area contributed by atoms with Crippen LogP contribution in [-0.4, -0.2) is 34.0 Å². The first kappa shape index (κ1) is 23.9. The van der Waals surface area contributed by atoms with Crippen molar-refractivity contribution >= 4 is 34.4 Å². The van der Waals surface area contributed by atoms with Crippen LogP contribution in [0.15, 0.2) is 73.2 Å². The fraction of sp³-hybridized carbons (Fsp3) is 0.0455. The standard InChI is InChI=1S/C20H15N5O2.C2HF3O2/c21-19(26)17-5-1-3-14-12-25(24-18(14)17)16-8-6-15(7-9-16)23-20(27)13-4-2-10-22-11-13;3-2(4,5)1(6)7/h1-12H,(H3,21,23,26,27);(H,6,7). The molecule has 4 N–H and O–H groups in total. The highest BCUT2D eigenvalue weighted by molar-refractivity contribution is 6.04. The van der Waals surface area contributed by atoms with Gasteiger partial charge >= 0.3 is 6.18 Å². The number of aromatic nitrogens is 3. The molecule has 2 aromatic carbocycles. The number of alkyl halides is 3. The van der Waals surface area contributed by atoms with Gasteiger partial charge in [-0.1, -0.05) is 10.7 Å². The molecule has 2 aromatic heterocycles. The van der Waals surface area contributed by atoms with Gasteiger partial charge in [-0.3, -0.25) is 14.6 Å². The maximum absolute atomic E-state index is 12.2. The van der Waals surface area contributed by atoms with Crippen LogP contribution < -0.4 is 20.8 Å². The zero-order chi connectivity index (χ0) is 24.9. The number of nitrogens with two attached hydrogens (primary N) is 1. The van der Waals surface area contributed by atoms with Gasteiger partial charge in [-0.05, 0) is 36.4 Å². The van der Waals surface area contributed by atoms with E-state index in [2.05, 4.69) is 15.4 Å². The van der Waals surface area contributed by atoms with Crippen LogP contribution in [0.2, 0.25) is 0 Å². The number of aliphatic carboxylic acids is 1. The molecule has 0 atom stereocenters. The molecule has 0 saturated heterocycles. The van der Waals surface area contributed by atoms with Gasteiger partial charge in [0.15, 0.2) is 0 Å². The molecule has 0 aliphatic rings. The average molecular weight is 471 g/mol. The predicted octanol–water partition coefficient (Wildman–Crippen LogP) is 1.49. The van der Waals surface area contributed by atoms with Crippen molar-refractivity contribution in [3.8, 4) is 5.69 Å². The number of carboxylic acids is 1. The second-order valence-corrected chi connectivity index (χ2v) is 6.77. The summed E-state index contributed by atoms with van der Waals surface area (Å²) in [6.07, 6.45) is -0.182. The van der Waals surface area contributed by atoms with Crippen LogP contribution in [0.4, 0.5) is 18.9 Å². The summed E-state index contributed by atoms with van der Waals surface area (Å²) in [5.74, 6) is -3.71. The van der Waals surface area contributed by atoms with Crippen molar-refractivity contribution in [3.05, 3.63) is 84.3 Å². The van der Waals surface area contributed by atoms with E-state index in [1.54, 1.807) is 47.3 Å². The number of carboxylic acid groups (broad SMARTS) is 1. The molecular weight excluding hydrogens is 455 g/mol. The normalized spacial score (nSPS) is 10.8. The molecule has 174 valence electrons. The van der Waals surface area contributed by atoms with E-state index in [0.717, 1.165) is 11.1 Å². The molecule has 0 bridgehead atoms. The molecule has 0 unspecified atom stereocenters. The molecule has 4 aromatic rings. The molecule has 0 aliphatic heterocycles. The summed E-state index contributed by atoms with van der Waals surface area (Å²) in [6, 6.07) is 16.1. The lowest BCUT2D eigenvalue weighted by molar-refractivity contribution is -0.653. The van der Waals surface area contributed by atoms with Gasteiger partial charge < -0.3 is 21.0 Å². The van der Waals surface area contributed by atoms with E-state index < -0.39 is 18.1 Å². The second-order valence-electron chi connectivity index (χ2n) is 6.77. The van der Waals surface area contributed by atoms with E-state index in [1.165, 1.54) is 6.20 Å². The number of hydrogen-bond donors (Lipinski definition) is 3. The number of anilines is 1. The molecule has 12 heteroatoms. The van der Waals surface area contributed by atoms with Crippen LogP contribution in [0.25, 0.3) is 16.6 Å². The summed E-state index contributed by atoms with van der Waals surface area (Å²) in [4.78, 5) is 36.5. The number of aromatic amines is 1. The Morgan fingerprint density at radius 2 is 1.71 bits per heavy atom. The Bertz CT molecular complexity index is 1340. The highest BCUT2D eigenvalue weighted by atomic mass is 19.4. The maximum Gasteiger partial charge on any atom is 0.430 e. The summed E-state index contributed by atoms with van der Waals surface area (Å²) in [6.45, 7) is 0. The number of nitrogens with one attached hydrogen (secondary N) is 2. The number of halogens is 3. The molecule has 0 aliphatic carbocycles. The van der Waals surface area contributed by atoms with Crippen LogP contribution in [0.1, 0.15) is 20.7 Å². The zero-order valence-electron chi connectivity index (χ0n) is 17.2. The Kier molecular flexibility index (Phi) is 6.90. The van der Waals surface area contributed by atoms with Gasteiger partial charge in [0.2, 0.25) is 11.9 Å². The van der Waals surface area contributed by atoms with Gasteiger partial charge in [-0.2, -0.15) is 18.3 Å². The van der Waals surface area contributed by atoms with E-state index >= 15 is 0 Å². The lowest BCUT2D eigenvalue weighted by atomic mass is 10.1. The molecule has 4 rings (SSSR count). The smallest absolute Gasteiger partial charge is 0.430 e. The highest BCUT2D eigenvalue weighted by Gasteiger charge is 2.28. The quantitative estimate of drug-likeness (QED) is 0.386. The van der Waals surface area contributed by atoms with Crippen LogP contribution in [0.3, 0.4) is 0 Å². The fourth-order valence-electron chi connectivity index (χ4n) is 2.84. The van der Waals surface area contributed by atoms with Gasteiger partial charge in [0.25, 0.3) is 11.8 Å². The first-order valence-electron chi connectivity index (χ1n) is 9.49. The van der Waals surface area contributed by atoms with Gasteiger partial charge in [-0.25, -0.2) is 0 Å². The van der Waals surface area contributed by atoms with Crippen molar-refractivity contribution < 1.29 is 37.3 Å². The van der Waals surface area contributed by atoms with E-state index in [4.69, 9.17) is 15.6 Å². The van der Waals surface area contributed by atoms with Crippen molar-refractivity contribution in [2.24, 2.45) is 5.73 Å². The van der Waals surface area contributed by atoms with E-state index in [-0.39, 0.29) is 5.91 Å².